The Labute approximate surface area is 183 Å². The molecule has 2 aromatic heterocycles. The minimum atomic E-state index is -5.51. The van der Waals surface area contributed by atoms with E-state index in [0.29, 0.717) is 0 Å². The van der Waals surface area contributed by atoms with Gasteiger partial charge in [0.1, 0.15) is 29.7 Å². The van der Waals surface area contributed by atoms with Crippen LogP contribution in [-0.4, -0.2) is 73.7 Å². The van der Waals surface area contributed by atoms with Gasteiger partial charge >= 0.3 is 22.4 Å². The lowest BCUT2D eigenvalue weighted by atomic mass is 9.96. The van der Waals surface area contributed by atoms with Crippen molar-refractivity contribution in [2.75, 3.05) is 12.3 Å². The van der Waals surface area contributed by atoms with E-state index in [9.17, 15) is 29.1 Å². The van der Waals surface area contributed by atoms with E-state index in [2.05, 4.69) is 35.4 Å². The number of aliphatic hydroxyl groups is 2. The molecule has 0 spiro atoms. The Morgan fingerprint density at radius 2 is 1.91 bits per heavy atom. The van der Waals surface area contributed by atoms with Crippen LogP contribution in [0.1, 0.15) is 13.2 Å². The molecule has 0 bridgehead atoms. The van der Waals surface area contributed by atoms with Gasteiger partial charge in [-0.3, -0.25) is 4.57 Å². The van der Waals surface area contributed by atoms with E-state index >= 15 is 0 Å². The van der Waals surface area contributed by atoms with Crippen molar-refractivity contribution in [1.82, 2.24) is 19.5 Å². The summed E-state index contributed by atoms with van der Waals surface area (Å²) in [5.41, 5.74) is 4.17. The van der Waals surface area contributed by atoms with E-state index in [1.54, 1.807) is 0 Å². The van der Waals surface area contributed by atoms with Crippen molar-refractivity contribution in [2.45, 2.75) is 31.0 Å². The standard InChI is InChI=1S/C11H18N5O12P3S/c1-11(18)7(17)5(2-25-31(24,32)28-30(22,23)27-29(19,20)21)26-10(11)16-4-15-6-8(12)13-3-14-9(6)16/h3-5,7,10,17-18H,2H2,1H3,(H,22,23)(H,24,32)(H2,12,13,14)(H2,19,20,21)/t5-,7-,10-,11-,31?/m1/s1. The lowest BCUT2D eigenvalue weighted by Gasteiger charge is -2.27. The zero-order chi connectivity index (χ0) is 24.1. The Bertz CT molecular complexity index is 1150. The minimum absolute atomic E-state index is 0.0656. The van der Waals surface area contributed by atoms with Crippen molar-refractivity contribution in [3.8, 4) is 0 Å². The van der Waals surface area contributed by atoms with Crippen molar-refractivity contribution in [1.29, 1.82) is 0 Å². The van der Waals surface area contributed by atoms with Gasteiger partial charge < -0.3 is 44.8 Å². The number of phosphoric acid groups is 2. The average Bonchev–Trinajstić information content (AvgIpc) is 3.11. The zero-order valence-corrected chi connectivity index (χ0v) is 19.3. The minimum Gasteiger partial charge on any atom is -0.387 e. The number of nitrogens with two attached hydrogens (primary N) is 1. The van der Waals surface area contributed by atoms with Gasteiger partial charge in [-0.2, -0.15) is 4.31 Å². The smallest absolute Gasteiger partial charge is 0.387 e. The number of anilines is 1. The van der Waals surface area contributed by atoms with Gasteiger partial charge in [-0.1, -0.05) is 0 Å². The molecule has 0 aromatic carbocycles. The third-order valence-electron chi connectivity index (χ3n) is 4.21. The number of ether oxygens (including phenoxy) is 1. The summed E-state index contributed by atoms with van der Waals surface area (Å²) < 4.78 is 41.6. The summed E-state index contributed by atoms with van der Waals surface area (Å²) >= 11 is 4.51. The van der Waals surface area contributed by atoms with Crippen LogP contribution in [-0.2, 0) is 38.8 Å². The number of aromatic nitrogens is 4. The van der Waals surface area contributed by atoms with Gasteiger partial charge in [0.2, 0.25) is 0 Å². The number of aliphatic hydroxyl groups excluding tert-OH is 1. The lowest BCUT2D eigenvalue weighted by molar-refractivity contribution is -0.0948. The summed E-state index contributed by atoms with van der Waals surface area (Å²) in [6, 6.07) is 0. The van der Waals surface area contributed by atoms with Crippen LogP contribution in [0.3, 0.4) is 0 Å². The second-order valence-electron chi connectivity index (χ2n) is 6.67. The normalized spacial score (nSPS) is 30.3. The van der Waals surface area contributed by atoms with Gasteiger partial charge in [0.25, 0.3) is 0 Å². The fraction of sp³-hybridized carbons (Fsp3) is 0.545. The van der Waals surface area contributed by atoms with Gasteiger partial charge in [-0.15, -0.1) is 0 Å². The van der Waals surface area contributed by atoms with E-state index in [-0.39, 0.29) is 17.0 Å². The molecule has 1 aliphatic rings. The molecule has 3 rings (SSSR count). The van der Waals surface area contributed by atoms with E-state index in [1.807, 2.05) is 0 Å². The summed E-state index contributed by atoms with van der Waals surface area (Å²) in [5, 5.41) is 21.3. The van der Waals surface area contributed by atoms with Crippen LogP contribution in [0.5, 0.6) is 0 Å². The maximum absolute atomic E-state index is 11.6. The molecule has 32 heavy (non-hydrogen) atoms. The molecule has 17 nitrogen and oxygen atoms in total. The third kappa shape index (κ3) is 5.58. The van der Waals surface area contributed by atoms with Crippen LogP contribution in [0.15, 0.2) is 12.7 Å². The van der Waals surface area contributed by atoms with Crippen LogP contribution >= 0.6 is 22.4 Å². The molecule has 1 saturated heterocycles. The highest BCUT2D eigenvalue weighted by atomic mass is 32.5. The highest BCUT2D eigenvalue weighted by Gasteiger charge is 2.54. The summed E-state index contributed by atoms with van der Waals surface area (Å²) in [7, 11) is -11.0. The molecule has 0 amide bonds. The molecular formula is C11H18N5O12P3S. The summed E-state index contributed by atoms with van der Waals surface area (Å²) in [5.74, 6) is 0.0656. The highest BCUT2D eigenvalue weighted by Crippen LogP contribution is 2.66. The highest BCUT2D eigenvalue weighted by molar-refractivity contribution is 8.08. The first-order chi connectivity index (χ1) is 14.5. The van der Waals surface area contributed by atoms with E-state index in [1.165, 1.54) is 17.8 Å². The quantitative estimate of drug-likeness (QED) is 0.197. The first-order valence-corrected chi connectivity index (χ1v) is 13.9. The summed E-state index contributed by atoms with van der Waals surface area (Å²) in [6.07, 6.45) is -1.87. The predicted octanol–water partition coefficient (Wildman–Crippen LogP) is -1.12. The molecule has 0 aliphatic carbocycles. The van der Waals surface area contributed by atoms with Crippen molar-refractivity contribution in [2.24, 2.45) is 0 Å². The first-order valence-electron chi connectivity index (χ1n) is 8.30. The third-order valence-corrected chi connectivity index (χ3v) is 8.93. The average molecular weight is 537 g/mol. The van der Waals surface area contributed by atoms with E-state index < -0.39 is 53.0 Å². The molecule has 3 heterocycles. The van der Waals surface area contributed by atoms with Gasteiger partial charge in [0, 0.05) is 0 Å². The van der Waals surface area contributed by atoms with E-state index in [0.717, 1.165) is 6.33 Å². The van der Waals surface area contributed by atoms with Crippen LogP contribution in [0.4, 0.5) is 5.82 Å². The Morgan fingerprint density at radius 3 is 2.53 bits per heavy atom. The van der Waals surface area contributed by atoms with Gasteiger partial charge in [0.05, 0.1) is 12.9 Å². The van der Waals surface area contributed by atoms with Crippen LogP contribution in [0, 0.1) is 0 Å². The molecule has 1 aliphatic heterocycles. The van der Waals surface area contributed by atoms with Gasteiger partial charge in [-0.05, 0) is 18.7 Å². The largest absolute Gasteiger partial charge is 0.488 e. The molecular weight excluding hydrogens is 519 g/mol. The molecule has 180 valence electrons. The van der Waals surface area contributed by atoms with Crippen molar-refractivity contribution >= 4 is 51.2 Å². The Hall–Kier alpha value is -0.940. The topological polar surface area (TPSA) is 262 Å². The summed E-state index contributed by atoms with van der Waals surface area (Å²) in [6.45, 7) is -4.15. The SMILES string of the molecule is C[C@@]1(O)[C@H](O)[C@@H](COP(O)(=S)OP(=O)(O)OP(=O)(O)O)O[C@H]1n1cnc2c(N)ncnc21. The molecule has 8 N–H and O–H groups in total. The maximum atomic E-state index is 11.6. The van der Waals surface area contributed by atoms with Crippen LogP contribution < -0.4 is 5.73 Å². The molecule has 2 aromatic rings. The van der Waals surface area contributed by atoms with Gasteiger partial charge in [0.15, 0.2) is 17.7 Å². The number of hydrogen-bond donors (Lipinski definition) is 7. The van der Waals surface area contributed by atoms with Crippen molar-refractivity contribution < 1.29 is 56.8 Å². The van der Waals surface area contributed by atoms with Crippen LogP contribution in [0.2, 0.25) is 0 Å². The second-order valence-corrected chi connectivity index (χ2v) is 12.5. The first kappa shape index (κ1) is 25.7. The predicted molar refractivity (Wildman–Crippen MR) is 107 cm³/mol. The molecule has 6 atom stereocenters. The Balaban J connectivity index is 1.74. The monoisotopic (exact) mass is 537 g/mol. The Morgan fingerprint density at radius 1 is 1.25 bits per heavy atom. The molecule has 0 saturated carbocycles. The van der Waals surface area contributed by atoms with Crippen molar-refractivity contribution in [3.05, 3.63) is 12.7 Å². The van der Waals surface area contributed by atoms with Gasteiger partial charge in [-0.25, -0.2) is 28.4 Å². The molecule has 2 unspecified atom stereocenters. The number of hydrogen-bond acceptors (Lipinski definition) is 13. The number of nitrogens with zero attached hydrogens (tertiary/aromatic N) is 4. The van der Waals surface area contributed by atoms with Crippen molar-refractivity contribution in [3.63, 3.8) is 0 Å². The molecule has 0 radical (unpaired) electrons. The zero-order valence-electron chi connectivity index (χ0n) is 15.8. The number of rotatable bonds is 8. The number of fused-ring (bicyclic) bond motifs is 1. The lowest BCUT2D eigenvalue weighted by Crippen LogP contribution is -2.44. The number of nitrogen functional groups attached to an aromatic ring is 1. The second kappa shape index (κ2) is 8.69. The number of imidazole rings is 1. The molecule has 21 heteroatoms. The fourth-order valence-corrected chi connectivity index (χ4v) is 6.86. The van der Waals surface area contributed by atoms with Crippen LogP contribution in [0.25, 0.3) is 11.2 Å². The van der Waals surface area contributed by atoms with E-state index in [4.69, 9.17) is 24.8 Å². The molecule has 1 fully saturated rings. The fourth-order valence-electron chi connectivity index (χ4n) is 2.89. The summed E-state index contributed by atoms with van der Waals surface area (Å²) in [4.78, 5) is 48.2. The Kier molecular flexibility index (Phi) is 6.97. The maximum Gasteiger partial charge on any atom is 0.488 e.